The zero-order chi connectivity index (χ0) is 10.1. The van der Waals surface area contributed by atoms with Gasteiger partial charge in [0.1, 0.15) is 0 Å². The van der Waals surface area contributed by atoms with Crippen LogP contribution in [0.25, 0.3) is 0 Å². The first-order chi connectivity index (χ1) is 6.20. The number of carbonyl (C=O) groups is 1. The predicted molar refractivity (Wildman–Crippen MR) is 53.1 cm³/mol. The van der Waals surface area contributed by atoms with Crippen molar-refractivity contribution in [3.05, 3.63) is 0 Å². The lowest BCUT2D eigenvalue weighted by Crippen LogP contribution is -2.04. The Morgan fingerprint density at radius 2 is 2.23 bits per heavy atom. The Morgan fingerprint density at radius 1 is 1.54 bits per heavy atom. The van der Waals surface area contributed by atoms with Gasteiger partial charge in [0.05, 0.1) is 6.61 Å². The molecule has 0 spiro atoms. The third-order valence-electron chi connectivity index (χ3n) is 1.71. The summed E-state index contributed by atoms with van der Waals surface area (Å²) in [6.45, 7) is 6.20. The number of hydrogen-bond donors (Lipinski definition) is 0. The lowest BCUT2D eigenvalue weighted by Gasteiger charge is -2.03. The Balaban J connectivity index is 3.42. The molecule has 0 saturated carbocycles. The lowest BCUT2D eigenvalue weighted by atomic mass is 10.1. The van der Waals surface area contributed by atoms with Crippen molar-refractivity contribution in [3.63, 3.8) is 0 Å². The molecule has 13 heavy (non-hydrogen) atoms. The van der Waals surface area contributed by atoms with Crippen molar-refractivity contribution in [2.45, 2.75) is 40.0 Å². The van der Waals surface area contributed by atoms with Crippen molar-refractivity contribution in [3.8, 4) is 11.8 Å². The van der Waals surface area contributed by atoms with Crippen LogP contribution in [0.2, 0.25) is 0 Å². The van der Waals surface area contributed by atoms with Crippen LogP contribution < -0.4 is 0 Å². The summed E-state index contributed by atoms with van der Waals surface area (Å²) in [4.78, 5) is 10.9. The summed E-state index contributed by atoms with van der Waals surface area (Å²) in [5.74, 6) is 6.20. The zero-order valence-electron chi connectivity index (χ0n) is 8.72. The van der Waals surface area contributed by atoms with E-state index in [2.05, 4.69) is 18.8 Å². The van der Waals surface area contributed by atoms with Crippen LogP contribution in [0, 0.1) is 17.8 Å². The van der Waals surface area contributed by atoms with Gasteiger partial charge in [-0.25, -0.2) is 0 Å². The molecule has 0 rings (SSSR count). The number of rotatable bonds is 5. The highest BCUT2D eigenvalue weighted by molar-refractivity contribution is 5.69. The number of carbonyl (C=O) groups excluding carboxylic acids is 1. The molecule has 0 radical (unpaired) electrons. The largest absolute Gasteiger partial charge is 0.466 e. The summed E-state index contributed by atoms with van der Waals surface area (Å²) in [6.07, 6.45) is 2.36. The van der Waals surface area contributed by atoms with Gasteiger partial charge in [-0.1, -0.05) is 6.92 Å². The number of hydrogen-bond acceptors (Lipinski definition) is 2. The Labute approximate surface area is 80.7 Å². The fourth-order valence-corrected chi connectivity index (χ4v) is 1.10. The van der Waals surface area contributed by atoms with Crippen molar-refractivity contribution >= 4 is 5.97 Å². The zero-order valence-corrected chi connectivity index (χ0v) is 8.72. The molecule has 0 aromatic carbocycles. The molecule has 1 atom stereocenters. The number of esters is 1. The second-order valence-electron chi connectivity index (χ2n) is 2.99. The second kappa shape index (κ2) is 7.67. The standard InChI is InChI=1S/C11H18O2/c1-4-7-10(3)8-6-9-11(12)13-5-2/h10H,5-6,8-9H2,1-3H3. The van der Waals surface area contributed by atoms with Crippen LogP contribution in [0.15, 0.2) is 0 Å². The molecular formula is C11H18O2. The Kier molecular flexibility index (Phi) is 7.10. The van der Waals surface area contributed by atoms with Crippen molar-refractivity contribution in [1.29, 1.82) is 0 Å². The van der Waals surface area contributed by atoms with Crippen molar-refractivity contribution in [1.82, 2.24) is 0 Å². The summed E-state index contributed by atoms with van der Waals surface area (Å²) < 4.78 is 4.81. The molecule has 0 aromatic rings. The highest BCUT2D eigenvalue weighted by Crippen LogP contribution is 2.06. The van der Waals surface area contributed by atoms with Crippen LogP contribution in [-0.2, 0) is 9.53 Å². The van der Waals surface area contributed by atoms with Crippen LogP contribution in [0.4, 0.5) is 0 Å². The maximum atomic E-state index is 10.9. The summed E-state index contributed by atoms with van der Waals surface area (Å²) in [7, 11) is 0. The molecule has 2 nitrogen and oxygen atoms in total. The Bertz CT molecular complexity index is 198. The molecule has 0 N–H and O–H groups in total. The van der Waals surface area contributed by atoms with Gasteiger partial charge >= 0.3 is 5.97 Å². The van der Waals surface area contributed by atoms with Gasteiger partial charge in [-0.05, 0) is 26.7 Å². The summed E-state index contributed by atoms with van der Waals surface area (Å²) in [6, 6.07) is 0. The summed E-state index contributed by atoms with van der Waals surface area (Å²) in [5, 5.41) is 0. The van der Waals surface area contributed by atoms with Gasteiger partial charge in [0.15, 0.2) is 0 Å². The minimum Gasteiger partial charge on any atom is -0.466 e. The van der Waals surface area contributed by atoms with E-state index < -0.39 is 0 Å². The smallest absolute Gasteiger partial charge is 0.305 e. The molecule has 0 bridgehead atoms. The molecule has 0 aliphatic carbocycles. The van der Waals surface area contributed by atoms with Crippen LogP contribution in [0.1, 0.15) is 40.0 Å². The van der Waals surface area contributed by atoms with E-state index >= 15 is 0 Å². The normalized spacial score (nSPS) is 11.3. The molecule has 0 fully saturated rings. The summed E-state index contributed by atoms with van der Waals surface area (Å²) >= 11 is 0. The third kappa shape index (κ3) is 7.39. The van der Waals surface area contributed by atoms with Gasteiger partial charge in [-0.2, -0.15) is 0 Å². The second-order valence-corrected chi connectivity index (χ2v) is 2.99. The molecule has 0 amide bonds. The Hall–Kier alpha value is -0.970. The van der Waals surface area contributed by atoms with E-state index in [1.165, 1.54) is 0 Å². The average Bonchev–Trinajstić information content (AvgIpc) is 2.05. The van der Waals surface area contributed by atoms with Crippen molar-refractivity contribution < 1.29 is 9.53 Å². The fourth-order valence-electron chi connectivity index (χ4n) is 1.10. The van der Waals surface area contributed by atoms with Crippen LogP contribution >= 0.6 is 0 Å². The van der Waals surface area contributed by atoms with Gasteiger partial charge in [-0.15, -0.1) is 11.8 Å². The summed E-state index contributed by atoms with van der Waals surface area (Å²) in [5.41, 5.74) is 0. The van der Waals surface area contributed by atoms with Crippen molar-refractivity contribution in [2.24, 2.45) is 5.92 Å². The first kappa shape index (κ1) is 12.0. The van der Waals surface area contributed by atoms with Gasteiger partial charge in [0, 0.05) is 12.3 Å². The quantitative estimate of drug-likeness (QED) is 0.482. The highest BCUT2D eigenvalue weighted by atomic mass is 16.5. The number of ether oxygens (including phenoxy) is 1. The van der Waals surface area contributed by atoms with E-state index in [9.17, 15) is 4.79 Å². The van der Waals surface area contributed by atoms with E-state index in [0.717, 1.165) is 12.8 Å². The van der Waals surface area contributed by atoms with Gasteiger partial charge in [0.2, 0.25) is 0 Å². The highest BCUT2D eigenvalue weighted by Gasteiger charge is 2.02. The van der Waals surface area contributed by atoms with Gasteiger partial charge in [-0.3, -0.25) is 4.79 Å². The molecule has 2 heteroatoms. The maximum absolute atomic E-state index is 10.9. The molecule has 0 aromatic heterocycles. The molecule has 0 aliphatic rings. The molecular weight excluding hydrogens is 164 g/mol. The van der Waals surface area contributed by atoms with E-state index in [0.29, 0.717) is 18.9 Å². The molecule has 0 aliphatic heterocycles. The van der Waals surface area contributed by atoms with E-state index in [4.69, 9.17) is 4.74 Å². The Morgan fingerprint density at radius 3 is 2.77 bits per heavy atom. The first-order valence-electron chi connectivity index (χ1n) is 4.78. The predicted octanol–water partition coefficient (Wildman–Crippen LogP) is 2.38. The van der Waals surface area contributed by atoms with Crippen LogP contribution in [0.3, 0.4) is 0 Å². The first-order valence-corrected chi connectivity index (χ1v) is 4.78. The van der Waals surface area contributed by atoms with Crippen molar-refractivity contribution in [2.75, 3.05) is 6.61 Å². The van der Waals surface area contributed by atoms with E-state index in [1.807, 2.05) is 13.8 Å². The lowest BCUT2D eigenvalue weighted by molar-refractivity contribution is -0.143. The SMILES string of the molecule is CC#CC(C)CCCC(=O)OCC. The molecule has 0 saturated heterocycles. The molecule has 0 heterocycles. The van der Waals surface area contributed by atoms with Crippen LogP contribution in [-0.4, -0.2) is 12.6 Å². The van der Waals surface area contributed by atoms with E-state index in [-0.39, 0.29) is 5.97 Å². The third-order valence-corrected chi connectivity index (χ3v) is 1.71. The topological polar surface area (TPSA) is 26.3 Å². The van der Waals surface area contributed by atoms with E-state index in [1.54, 1.807) is 0 Å². The van der Waals surface area contributed by atoms with Gasteiger partial charge < -0.3 is 4.74 Å². The fraction of sp³-hybridized carbons (Fsp3) is 0.727. The average molecular weight is 182 g/mol. The van der Waals surface area contributed by atoms with Crippen LogP contribution in [0.5, 0.6) is 0 Å². The molecule has 1 unspecified atom stereocenters. The minimum atomic E-state index is -0.0980. The minimum absolute atomic E-state index is 0.0980. The van der Waals surface area contributed by atoms with Gasteiger partial charge in [0.25, 0.3) is 0 Å². The monoisotopic (exact) mass is 182 g/mol. The maximum Gasteiger partial charge on any atom is 0.305 e. The molecule has 74 valence electrons.